The van der Waals surface area contributed by atoms with Crippen molar-refractivity contribution < 1.29 is 22.0 Å². The molecule has 1 aliphatic rings. The van der Waals surface area contributed by atoms with E-state index in [0.29, 0.717) is 6.42 Å². The van der Waals surface area contributed by atoms with E-state index in [1.165, 1.54) is 0 Å². The van der Waals surface area contributed by atoms with Gasteiger partial charge in [-0.25, -0.2) is 0 Å². The summed E-state index contributed by atoms with van der Waals surface area (Å²) < 4.78 is 63.1. The van der Waals surface area contributed by atoms with E-state index in [-0.39, 0.29) is 19.5 Å². The molecule has 2 N–H and O–H groups in total. The molecule has 1 heterocycles. The predicted octanol–water partition coefficient (Wildman–Crippen LogP) is 2.00. The maximum absolute atomic E-state index is 13.2. The molecule has 1 fully saturated rings. The van der Waals surface area contributed by atoms with Crippen molar-refractivity contribution in [3.63, 3.8) is 0 Å². The zero-order valence-corrected chi connectivity index (χ0v) is 8.90. The number of likely N-dealkylation sites (tertiary alicyclic amines) is 1. The van der Waals surface area contributed by atoms with E-state index in [1.807, 2.05) is 0 Å². The van der Waals surface area contributed by atoms with Gasteiger partial charge in [0.2, 0.25) is 0 Å². The van der Waals surface area contributed by atoms with Crippen molar-refractivity contribution in [3.05, 3.63) is 0 Å². The Kier molecular flexibility index (Phi) is 3.79. The molecule has 2 atom stereocenters. The second-order valence-electron chi connectivity index (χ2n) is 4.05. The molecule has 96 valence electrons. The van der Waals surface area contributed by atoms with Crippen LogP contribution in [0.15, 0.2) is 0 Å². The van der Waals surface area contributed by atoms with Crippen LogP contribution in [0.2, 0.25) is 0 Å². The average Bonchev–Trinajstić information content (AvgIpc) is 2.46. The van der Waals surface area contributed by atoms with Gasteiger partial charge in [-0.05, 0) is 19.4 Å². The molecular weight excluding hydrogens is 231 g/mol. The summed E-state index contributed by atoms with van der Waals surface area (Å²) in [6, 6.07) is -3.05. The molecule has 1 rings (SSSR count). The SMILES string of the molecule is CCCN1CC[C@H](N)[C@H]1C(F)(F)C(F)(F)F. The lowest BCUT2D eigenvalue weighted by molar-refractivity contribution is -0.301. The lowest BCUT2D eigenvalue weighted by Gasteiger charge is -2.34. The molecule has 7 heteroatoms. The summed E-state index contributed by atoms with van der Waals surface area (Å²) in [6.07, 6.45) is -4.83. The van der Waals surface area contributed by atoms with Crippen LogP contribution in [0.1, 0.15) is 19.8 Å². The number of rotatable bonds is 3. The quantitative estimate of drug-likeness (QED) is 0.772. The number of hydrogen-bond donors (Lipinski definition) is 1. The monoisotopic (exact) mass is 246 g/mol. The van der Waals surface area contributed by atoms with Gasteiger partial charge in [-0.3, -0.25) is 4.90 Å². The Balaban J connectivity index is 2.90. The van der Waals surface area contributed by atoms with Gasteiger partial charge in [0.05, 0.1) is 6.04 Å². The van der Waals surface area contributed by atoms with Crippen molar-refractivity contribution in [2.45, 2.75) is 43.9 Å². The number of halogens is 5. The maximum Gasteiger partial charge on any atom is 0.455 e. The van der Waals surface area contributed by atoms with E-state index >= 15 is 0 Å². The topological polar surface area (TPSA) is 29.3 Å². The fourth-order valence-electron chi connectivity index (χ4n) is 2.09. The molecule has 1 aliphatic heterocycles. The van der Waals surface area contributed by atoms with Crippen molar-refractivity contribution in [1.82, 2.24) is 4.90 Å². The van der Waals surface area contributed by atoms with E-state index in [1.54, 1.807) is 6.92 Å². The molecule has 0 aromatic rings. The first-order valence-corrected chi connectivity index (χ1v) is 5.16. The Bertz CT molecular complexity index is 239. The molecule has 2 nitrogen and oxygen atoms in total. The minimum atomic E-state index is -5.54. The third-order valence-corrected chi connectivity index (χ3v) is 2.81. The fraction of sp³-hybridized carbons (Fsp3) is 1.00. The third kappa shape index (κ3) is 2.29. The van der Waals surface area contributed by atoms with Gasteiger partial charge in [-0.15, -0.1) is 0 Å². The molecule has 0 unspecified atom stereocenters. The Morgan fingerprint density at radius 1 is 1.25 bits per heavy atom. The standard InChI is InChI=1S/C9H15F5N2/c1-2-4-16-5-3-6(15)7(16)8(10,11)9(12,13)14/h6-7H,2-5,15H2,1H3/t6-,7-/m0/s1. The summed E-state index contributed by atoms with van der Waals surface area (Å²) in [5.74, 6) is -4.74. The Labute approximate surface area is 90.6 Å². The summed E-state index contributed by atoms with van der Waals surface area (Å²) in [5, 5.41) is 0. The van der Waals surface area contributed by atoms with Gasteiger partial charge in [-0.2, -0.15) is 22.0 Å². The fourth-order valence-corrected chi connectivity index (χ4v) is 2.09. The molecule has 0 aromatic heterocycles. The van der Waals surface area contributed by atoms with E-state index < -0.39 is 24.2 Å². The van der Waals surface area contributed by atoms with Crippen LogP contribution < -0.4 is 5.73 Å². The largest absolute Gasteiger partial charge is 0.455 e. The van der Waals surface area contributed by atoms with Crippen LogP contribution in [0.3, 0.4) is 0 Å². The zero-order valence-electron chi connectivity index (χ0n) is 8.90. The predicted molar refractivity (Wildman–Crippen MR) is 49.2 cm³/mol. The van der Waals surface area contributed by atoms with E-state index in [2.05, 4.69) is 0 Å². The van der Waals surface area contributed by atoms with Gasteiger partial charge in [-0.1, -0.05) is 6.92 Å². The van der Waals surface area contributed by atoms with Crippen LogP contribution in [0.4, 0.5) is 22.0 Å². The molecular formula is C9H15F5N2. The van der Waals surface area contributed by atoms with Crippen LogP contribution in [0.5, 0.6) is 0 Å². The lowest BCUT2D eigenvalue weighted by atomic mass is 10.0. The third-order valence-electron chi connectivity index (χ3n) is 2.81. The minimum absolute atomic E-state index is 0.177. The maximum atomic E-state index is 13.2. The van der Waals surface area contributed by atoms with Crippen molar-refractivity contribution in [2.24, 2.45) is 5.73 Å². The second-order valence-corrected chi connectivity index (χ2v) is 4.05. The normalized spacial score (nSPS) is 28.7. The van der Waals surface area contributed by atoms with Crippen molar-refractivity contribution in [2.75, 3.05) is 13.1 Å². The Morgan fingerprint density at radius 2 is 1.81 bits per heavy atom. The van der Waals surface area contributed by atoms with Crippen LogP contribution in [-0.2, 0) is 0 Å². The first-order valence-electron chi connectivity index (χ1n) is 5.16. The van der Waals surface area contributed by atoms with Crippen LogP contribution in [-0.4, -0.2) is 42.2 Å². The zero-order chi connectivity index (χ0) is 12.6. The smallest absolute Gasteiger partial charge is 0.326 e. The Morgan fingerprint density at radius 3 is 2.25 bits per heavy atom. The number of nitrogens with zero attached hydrogens (tertiary/aromatic N) is 1. The first kappa shape index (κ1) is 13.6. The van der Waals surface area contributed by atoms with Crippen LogP contribution >= 0.6 is 0 Å². The molecule has 0 bridgehead atoms. The van der Waals surface area contributed by atoms with Gasteiger partial charge in [0, 0.05) is 12.6 Å². The number of alkyl halides is 5. The highest BCUT2D eigenvalue weighted by Gasteiger charge is 2.66. The van der Waals surface area contributed by atoms with Gasteiger partial charge >= 0.3 is 12.1 Å². The van der Waals surface area contributed by atoms with Crippen LogP contribution in [0.25, 0.3) is 0 Å². The number of hydrogen-bond acceptors (Lipinski definition) is 2. The van der Waals surface area contributed by atoms with Crippen molar-refractivity contribution >= 4 is 0 Å². The molecule has 0 radical (unpaired) electrons. The molecule has 0 aliphatic carbocycles. The Hall–Kier alpha value is -0.430. The number of nitrogens with two attached hydrogens (primary N) is 1. The highest BCUT2D eigenvalue weighted by molar-refractivity contribution is 5.01. The molecule has 16 heavy (non-hydrogen) atoms. The minimum Gasteiger partial charge on any atom is -0.326 e. The van der Waals surface area contributed by atoms with E-state index in [4.69, 9.17) is 5.73 Å². The highest BCUT2D eigenvalue weighted by Crippen LogP contribution is 2.43. The highest BCUT2D eigenvalue weighted by atomic mass is 19.4. The molecule has 0 saturated carbocycles. The van der Waals surface area contributed by atoms with Crippen molar-refractivity contribution in [3.8, 4) is 0 Å². The summed E-state index contributed by atoms with van der Waals surface area (Å²) in [6.45, 7) is 2.14. The summed E-state index contributed by atoms with van der Waals surface area (Å²) in [7, 11) is 0. The van der Waals surface area contributed by atoms with Gasteiger partial charge in [0.25, 0.3) is 0 Å². The molecule has 0 aromatic carbocycles. The second kappa shape index (κ2) is 4.44. The summed E-state index contributed by atoms with van der Waals surface area (Å²) in [4.78, 5) is 1.14. The van der Waals surface area contributed by atoms with Gasteiger partial charge in [0.15, 0.2) is 0 Å². The van der Waals surface area contributed by atoms with Gasteiger partial charge in [0.1, 0.15) is 0 Å². The molecule has 0 amide bonds. The lowest BCUT2D eigenvalue weighted by Crippen LogP contribution is -2.58. The average molecular weight is 246 g/mol. The van der Waals surface area contributed by atoms with E-state index in [9.17, 15) is 22.0 Å². The summed E-state index contributed by atoms with van der Waals surface area (Å²) >= 11 is 0. The van der Waals surface area contributed by atoms with Gasteiger partial charge < -0.3 is 5.73 Å². The molecule has 1 saturated heterocycles. The van der Waals surface area contributed by atoms with E-state index in [0.717, 1.165) is 4.90 Å². The molecule has 0 spiro atoms. The first-order chi connectivity index (χ1) is 7.21. The van der Waals surface area contributed by atoms with Crippen LogP contribution in [0, 0.1) is 0 Å². The summed E-state index contributed by atoms with van der Waals surface area (Å²) in [5.41, 5.74) is 5.36. The van der Waals surface area contributed by atoms with Crippen molar-refractivity contribution in [1.29, 1.82) is 0 Å².